The van der Waals surface area contributed by atoms with Crippen molar-refractivity contribution < 1.29 is 9.53 Å². The first kappa shape index (κ1) is 15.8. The third kappa shape index (κ3) is 3.56. The fourth-order valence-electron chi connectivity index (χ4n) is 3.06. The van der Waals surface area contributed by atoms with Crippen LogP contribution in [0.2, 0.25) is 0 Å². The van der Waals surface area contributed by atoms with Crippen LogP contribution in [0.1, 0.15) is 44.2 Å². The molecule has 0 heterocycles. The quantitative estimate of drug-likeness (QED) is 0.875. The van der Waals surface area contributed by atoms with E-state index in [2.05, 4.69) is 31.3 Å². The molecular weight excluding hydrogens is 264 g/mol. The van der Waals surface area contributed by atoms with Gasteiger partial charge in [-0.05, 0) is 63.8 Å². The number of hydrogen-bond acceptors (Lipinski definition) is 3. The maximum absolute atomic E-state index is 11.9. The first-order valence-corrected chi connectivity index (χ1v) is 7.64. The summed E-state index contributed by atoms with van der Waals surface area (Å²) in [5.41, 5.74) is 7.46. The first-order valence-electron chi connectivity index (χ1n) is 7.64. The molecule has 0 bridgehead atoms. The van der Waals surface area contributed by atoms with Crippen LogP contribution in [0.4, 0.5) is 0 Å². The van der Waals surface area contributed by atoms with Gasteiger partial charge in [-0.3, -0.25) is 4.79 Å². The SMILES string of the molecule is Cc1ccc(OC2CCC(NC(C)C)(C(N)=O)C2)cc1C. The van der Waals surface area contributed by atoms with E-state index >= 15 is 0 Å². The molecule has 0 aromatic heterocycles. The Bertz CT molecular complexity index is 528. The second-order valence-corrected chi connectivity index (χ2v) is 6.47. The Hall–Kier alpha value is -1.55. The maximum Gasteiger partial charge on any atom is 0.237 e. The first-order chi connectivity index (χ1) is 9.82. The number of benzene rings is 1. The molecule has 4 heteroatoms. The molecule has 116 valence electrons. The Morgan fingerprint density at radius 2 is 2.10 bits per heavy atom. The number of nitrogens with one attached hydrogen (secondary N) is 1. The normalized spacial score (nSPS) is 25.3. The summed E-state index contributed by atoms with van der Waals surface area (Å²) in [6.07, 6.45) is 2.24. The van der Waals surface area contributed by atoms with Crippen molar-refractivity contribution in [2.75, 3.05) is 0 Å². The van der Waals surface area contributed by atoms with Gasteiger partial charge < -0.3 is 15.8 Å². The van der Waals surface area contributed by atoms with Gasteiger partial charge in [0.2, 0.25) is 5.91 Å². The van der Waals surface area contributed by atoms with E-state index in [4.69, 9.17) is 10.5 Å². The fourth-order valence-corrected chi connectivity index (χ4v) is 3.06. The molecule has 2 unspecified atom stereocenters. The predicted molar refractivity (Wildman–Crippen MR) is 84.4 cm³/mol. The highest BCUT2D eigenvalue weighted by molar-refractivity contribution is 5.85. The van der Waals surface area contributed by atoms with Crippen LogP contribution in [0.25, 0.3) is 0 Å². The van der Waals surface area contributed by atoms with Gasteiger partial charge in [-0.15, -0.1) is 0 Å². The molecule has 1 aromatic rings. The zero-order valence-corrected chi connectivity index (χ0v) is 13.4. The third-order valence-electron chi connectivity index (χ3n) is 4.29. The zero-order chi connectivity index (χ0) is 15.6. The van der Waals surface area contributed by atoms with E-state index in [1.165, 1.54) is 11.1 Å². The van der Waals surface area contributed by atoms with Gasteiger partial charge in [0.25, 0.3) is 0 Å². The highest BCUT2D eigenvalue weighted by Gasteiger charge is 2.45. The highest BCUT2D eigenvalue weighted by atomic mass is 16.5. The smallest absolute Gasteiger partial charge is 0.237 e. The largest absolute Gasteiger partial charge is 0.490 e. The Kier molecular flexibility index (Phi) is 4.57. The molecule has 1 saturated carbocycles. The van der Waals surface area contributed by atoms with Gasteiger partial charge in [-0.1, -0.05) is 6.07 Å². The lowest BCUT2D eigenvalue weighted by atomic mass is 9.95. The Balaban J connectivity index is 2.06. The van der Waals surface area contributed by atoms with Crippen LogP contribution in [0.5, 0.6) is 5.75 Å². The van der Waals surface area contributed by atoms with Crippen molar-refractivity contribution in [1.29, 1.82) is 0 Å². The molecule has 1 aromatic carbocycles. The van der Waals surface area contributed by atoms with Crippen molar-refractivity contribution in [1.82, 2.24) is 5.32 Å². The number of rotatable bonds is 5. The summed E-state index contributed by atoms with van der Waals surface area (Å²) in [5, 5.41) is 3.34. The second kappa shape index (κ2) is 6.06. The second-order valence-electron chi connectivity index (χ2n) is 6.47. The van der Waals surface area contributed by atoms with Crippen LogP contribution in [0.15, 0.2) is 18.2 Å². The standard InChI is InChI=1S/C17H26N2O2/c1-11(2)19-17(16(18)20)8-7-15(10-17)21-14-6-5-12(3)13(4)9-14/h5-6,9,11,15,19H,7-8,10H2,1-4H3,(H2,18,20). The molecule has 2 atom stereocenters. The highest BCUT2D eigenvalue weighted by Crippen LogP contribution is 2.33. The number of amides is 1. The summed E-state index contributed by atoms with van der Waals surface area (Å²) in [5.74, 6) is 0.593. The van der Waals surface area contributed by atoms with E-state index in [1.54, 1.807) is 0 Å². The van der Waals surface area contributed by atoms with Crippen molar-refractivity contribution in [3.8, 4) is 5.75 Å². The summed E-state index contributed by atoms with van der Waals surface area (Å²) in [6.45, 7) is 8.22. The number of carbonyl (C=O) groups is 1. The van der Waals surface area contributed by atoms with Gasteiger partial charge in [-0.25, -0.2) is 0 Å². The molecular formula is C17H26N2O2. The lowest BCUT2D eigenvalue weighted by Gasteiger charge is -2.29. The molecule has 0 saturated heterocycles. The average Bonchev–Trinajstić information content (AvgIpc) is 2.77. The monoisotopic (exact) mass is 290 g/mol. The molecule has 0 spiro atoms. The minimum absolute atomic E-state index is 0.0332. The van der Waals surface area contributed by atoms with Gasteiger partial charge >= 0.3 is 0 Å². The van der Waals surface area contributed by atoms with E-state index in [-0.39, 0.29) is 18.1 Å². The molecule has 21 heavy (non-hydrogen) atoms. The van der Waals surface area contributed by atoms with Gasteiger partial charge in [0.15, 0.2) is 0 Å². The van der Waals surface area contributed by atoms with Crippen molar-refractivity contribution >= 4 is 5.91 Å². The number of ether oxygens (including phenoxy) is 1. The number of carbonyl (C=O) groups excluding carboxylic acids is 1. The average molecular weight is 290 g/mol. The van der Waals surface area contributed by atoms with Crippen molar-refractivity contribution in [3.05, 3.63) is 29.3 Å². The Morgan fingerprint density at radius 1 is 1.38 bits per heavy atom. The lowest BCUT2D eigenvalue weighted by molar-refractivity contribution is -0.124. The van der Waals surface area contributed by atoms with Gasteiger partial charge in [0.1, 0.15) is 17.4 Å². The van der Waals surface area contributed by atoms with Crippen LogP contribution in [-0.2, 0) is 4.79 Å². The molecule has 1 amide bonds. The predicted octanol–water partition coefficient (Wildman–Crippen LogP) is 2.46. The van der Waals surface area contributed by atoms with Gasteiger partial charge in [0, 0.05) is 12.5 Å². The number of aryl methyl sites for hydroxylation is 2. The molecule has 2 rings (SSSR count). The van der Waals surface area contributed by atoms with Crippen LogP contribution in [0, 0.1) is 13.8 Å². The number of primary amides is 1. The van der Waals surface area contributed by atoms with Crippen molar-refractivity contribution in [3.63, 3.8) is 0 Å². The molecule has 4 nitrogen and oxygen atoms in total. The molecule has 1 fully saturated rings. The van der Waals surface area contributed by atoms with Crippen LogP contribution in [0.3, 0.4) is 0 Å². The Morgan fingerprint density at radius 3 is 2.67 bits per heavy atom. The van der Waals surface area contributed by atoms with E-state index in [1.807, 2.05) is 19.9 Å². The maximum atomic E-state index is 11.9. The van der Waals surface area contributed by atoms with Gasteiger partial charge in [-0.2, -0.15) is 0 Å². The van der Waals surface area contributed by atoms with Crippen molar-refractivity contribution in [2.45, 2.75) is 64.6 Å². The molecule has 1 aliphatic carbocycles. The fraction of sp³-hybridized carbons (Fsp3) is 0.588. The van der Waals surface area contributed by atoms with E-state index in [0.717, 1.165) is 18.6 Å². The van der Waals surface area contributed by atoms with Gasteiger partial charge in [0.05, 0.1) is 0 Å². The third-order valence-corrected chi connectivity index (χ3v) is 4.29. The number of nitrogens with two attached hydrogens (primary N) is 1. The van der Waals surface area contributed by atoms with E-state index in [9.17, 15) is 4.79 Å². The summed E-state index contributed by atoms with van der Waals surface area (Å²) < 4.78 is 6.05. The van der Waals surface area contributed by atoms with E-state index in [0.29, 0.717) is 6.42 Å². The van der Waals surface area contributed by atoms with Crippen LogP contribution < -0.4 is 15.8 Å². The lowest BCUT2D eigenvalue weighted by Crippen LogP contribution is -2.56. The zero-order valence-electron chi connectivity index (χ0n) is 13.4. The minimum Gasteiger partial charge on any atom is -0.490 e. The Labute approximate surface area is 127 Å². The summed E-state index contributed by atoms with van der Waals surface area (Å²) in [7, 11) is 0. The summed E-state index contributed by atoms with van der Waals surface area (Å²) in [4.78, 5) is 11.9. The molecule has 0 radical (unpaired) electrons. The van der Waals surface area contributed by atoms with Crippen LogP contribution in [-0.4, -0.2) is 23.6 Å². The molecule has 0 aliphatic heterocycles. The van der Waals surface area contributed by atoms with Crippen molar-refractivity contribution in [2.24, 2.45) is 5.73 Å². The van der Waals surface area contributed by atoms with E-state index < -0.39 is 5.54 Å². The number of hydrogen-bond donors (Lipinski definition) is 2. The summed E-state index contributed by atoms with van der Waals surface area (Å²) >= 11 is 0. The summed E-state index contributed by atoms with van der Waals surface area (Å²) in [6, 6.07) is 6.32. The molecule has 3 N–H and O–H groups in total. The van der Waals surface area contributed by atoms with Crippen LogP contribution >= 0.6 is 0 Å². The minimum atomic E-state index is -0.626. The topological polar surface area (TPSA) is 64.3 Å². The molecule has 1 aliphatic rings.